The molecule has 0 spiro atoms. The lowest BCUT2D eigenvalue weighted by molar-refractivity contribution is 0.440. The molecule has 2 rings (SSSR count). The molecular weight excluding hydrogens is 193 g/mol. The first-order valence-electron chi connectivity index (χ1n) is 7.11. The molecule has 2 heterocycles. The van der Waals surface area contributed by atoms with E-state index in [1.807, 2.05) is 0 Å². The Kier molecular flexibility index (Phi) is 4.21. The van der Waals surface area contributed by atoms with E-state index in [0.717, 1.165) is 31.4 Å². The summed E-state index contributed by atoms with van der Waals surface area (Å²) in [6, 6.07) is 3.40. The molecule has 1 nitrogen and oxygen atoms in total. The van der Waals surface area contributed by atoms with Crippen molar-refractivity contribution in [3.05, 3.63) is 0 Å². The number of rotatable bonds is 2. The van der Waals surface area contributed by atoms with Crippen molar-refractivity contribution in [2.45, 2.75) is 64.0 Å². The van der Waals surface area contributed by atoms with Gasteiger partial charge >= 0.3 is 0 Å². The summed E-state index contributed by atoms with van der Waals surface area (Å²) in [6.07, 6.45) is 8.67. The summed E-state index contributed by atoms with van der Waals surface area (Å²) in [6.45, 7) is 7.24. The van der Waals surface area contributed by atoms with Gasteiger partial charge in [0.05, 0.1) is 0 Å². The SMILES string of the molecule is CCN(C#CB1C2CCCC1CCC2)CC. The van der Waals surface area contributed by atoms with Gasteiger partial charge in [-0.05, 0) is 31.5 Å². The second-order valence-electron chi connectivity index (χ2n) is 5.34. The third kappa shape index (κ3) is 2.57. The van der Waals surface area contributed by atoms with Crippen molar-refractivity contribution in [1.29, 1.82) is 0 Å². The second kappa shape index (κ2) is 5.66. The van der Waals surface area contributed by atoms with Gasteiger partial charge in [-0.25, -0.2) is 0 Å². The van der Waals surface area contributed by atoms with Crippen molar-refractivity contribution < 1.29 is 0 Å². The van der Waals surface area contributed by atoms with E-state index in [1.165, 1.54) is 38.5 Å². The van der Waals surface area contributed by atoms with Crippen molar-refractivity contribution in [3.8, 4) is 11.9 Å². The molecule has 2 bridgehead atoms. The molecular formula is C14H24BN. The van der Waals surface area contributed by atoms with Crippen molar-refractivity contribution in [2.75, 3.05) is 13.1 Å². The van der Waals surface area contributed by atoms with E-state index in [1.54, 1.807) is 0 Å². The molecule has 0 amide bonds. The lowest BCUT2D eigenvalue weighted by Gasteiger charge is -2.37. The highest BCUT2D eigenvalue weighted by atomic mass is 15.1. The number of hydrogen-bond acceptors (Lipinski definition) is 1. The summed E-state index contributed by atoms with van der Waals surface area (Å²) in [5.41, 5.74) is 0. The van der Waals surface area contributed by atoms with Crippen LogP contribution in [0.1, 0.15) is 52.4 Å². The summed E-state index contributed by atoms with van der Waals surface area (Å²) in [5, 5.41) is 0. The average molecular weight is 217 g/mol. The van der Waals surface area contributed by atoms with Crippen LogP contribution in [0, 0.1) is 11.9 Å². The van der Waals surface area contributed by atoms with Gasteiger partial charge in [-0.3, -0.25) is 0 Å². The van der Waals surface area contributed by atoms with E-state index < -0.39 is 0 Å². The van der Waals surface area contributed by atoms with Crippen LogP contribution in [0.15, 0.2) is 0 Å². The van der Waals surface area contributed by atoms with Gasteiger partial charge in [-0.1, -0.05) is 38.5 Å². The van der Waals surface area contributed by atoms with E-state index in [-0.39, 0.29) is 0 Å². The zero-order valence-corrected chi connectivity index (χ0v) is 10.8. The lowest BCUT2D eigenvalue weighted by Crippen LogP contribution is -2.34. The zero-order chi connectivity index (χ0) is 11.4. The Hall–Kier alpha value is -0.575. The first kappa shape index (κ1) is 11.9. The summed E-state index contributed by atoms with van der Waals surface area (Å²) in [7, 11) is 0. The molecule has 0 aromatic heterocycles. The van der Waals surface area contributed by atoms with E-state index >= 15 is 0 Å². The Labute approximate surface area is 101 Å². The van der Waals surface area contributed by atoms with Gasteiger partial charge in [-0.15, -0.1) is 5.82 Å². The van der Waals surface area contributed by atoms with Crippen molar-refractivity contribution in [3.63, 3.8) is 0 Å². The Balaban J connectivity index is 2.02. The van der Waals surface area contributed by atoms with Crippen LogP contribution >= 0.6 is 0 Å². The van der Waals surface area contributed by atoms with Crippen molar-refractivity contribution in [2.24, 2.45) is 0 Å². The van der Waals surface area contributed by atoms with E-state index in [0.29, 0.717) is 0 Å². The molecule has 0 saturated carbocycles. The maximum Gasteiger partial charge on any atom is 0.240 e. The Morgan fingerprint density at radius 1 is 1.00 bits per heavy atom. The summed E-state index contributed by atoms with van der Waals surface area (Å²) >= 11 is 0. The van der Waals surface area contributed by atoms with Crippen molar-refractivity contribution >= 4 is 6.71 Å². The van der Waals surface area contributed by atoms with Gasteiger partial charge in [-0.2, -0.15) is 0 Å². The van der Waals surface area contributed by atoms with Gasteiger partial charge in [0.25, 0.3) is 0 Å². The predicted octanol–water partition coefficient (Wildman–Crippen LogP) is 3.43. The number of hydrogen-bond donors (Lipinski definition) is 0. The van der Waals surface area contributed by atoms with Crippen LogP contribution < -0.4 is 0 Å². The summed E-state index contributed by atoms with van der Waals surface area (Å²) in [4.78, 5) is 2.24. The van der Waals surface area contributed by atoms with Gasteiger partial charge in [0.1, 0.15) is 0 Å². The van der Waals surface area contributed by atoms with E-state index in [9.17, 15) is 0 Å². The van der Waals surface area contributed by atoms with Crippen molar-refractivity contribution in [1.82, 2.24) is 4.90 Å². The molecule has 0 radical (unpaired) electrons. The molecule has 2 saturated heterocycles. The van der Waals surface area contributed by atoms with E-state index in [2.05, 4.69) is 30.6 Å². The second-order valence-corrected chi connectivity index (χ2v) is 5.34. The molecule has 2 heteroatoms. The number of fused-ring (bicyclic) bond motifs is 2. The van der Waals surface area contributed by atoms with Crippen LogP contribution in [-0.2, 0) is 0 Å². The zero-order valence-electron chi connectivity index (χ0n) is 10.8. The fraction of sp³-hybridized carbons (Fsp3) is 0.857. The summed E-state index contributed by atoms with van der Waals surface area (Å²) < 4.78 is 0. The van der Waals surface area contributed by atoms with Crippen LogP contribution in [-0.4, -0.2) is 24.7 Å². The lowest BCUT2D eigenvalue weighted by atomic mass is 9.28. The molecule has 0 N–H and O–H groups in total. The average Bonchev–Trinajstić information content (AvgIpc) is 2.30. The molecule has 88 valence electrons. The van der Waals surface area contributed by atoms with Gasteiger partial charge in [0, 0.05) is 13.1 Å². The van der Waals surface area contributed by atoms with Crippen LogP contribution in [0.4, 0.5) is 0 Å². The highest BCUT2D eigenvalue weighted by Crippen LogP contribution is 2.45. The summed E-state index contributed by atoms with van der Waals surface area (Å²) in [5.74, 6) is 5.45. The molecule has 2 aliphatic heterocycles. The Morgan fingerprint density at radius 2 is 1.50 bits per heavy atom. The predicted molar refractivity (Wildman–Crippen MR) is 71.7 cm³/mol. The highest BCUT2D eigenvalue weighted by Gasteiger charge is 2.38. The van der Waals surface area contributed by atoms with Crippen LogP contribution in [0.5, 0.6) is 0 Å². The topological polar surface area (TPSA) is 3.24 Å². The largest absolute Gasteiger partial charge is 0.334 e. The third-order valence-electron chi connectivity index (χ3n) is 4.47. The smallest absolute Gasteiger partial charge is 0.240 e. The molecule has 0 aromatic carbocycles. The van der Waals surface area contributed by atoms with Gasteiger partial charge < -0.3 is 4.90 Å². The first-order chi connectivity index (χ1) is 7.85. The monoisotopic (exact) mass is 217 g/mol. The molecule has 2 fully saturated rings. The minimum absolute atomic E-state index is 0.725. The van der Waals surface area contributed by atoms with Crippen LogP contribution in [0.2, 0.25) is 11.6 Å². The molecule has 16 heavy (non-hydrogen) atoms. The maximum atomic E-state index is 3.60. The molecule has 0 aromatic rings. The fourth-order valence-corrected chi connectivity index (χ4v) is 3.46. The molecule has 0 unspecified atom stereocenters. The van der Waals surface area contributed by atoms with Gasteiger partial charge in [0.15, 0.2) is 0 Å². The van der Waals surface area contributed by atoms with Crippen LogP contribution in [0.25, 0.3) is 0 Å². The van der Waals surface area contributed by atoms with E-state index in [4.69, 9.17) is 0 Å². The molecule has 0 aliphatic carbocycles. The quantitative estimate of drug-likeness (QED) is 0.389. The van der Waals surface area contributed by atoms with Crippen LogP contribution in [0.3, 0.4) is 0 Å². The first-order valence-corrected chi connectivity index (χ1v) is 7.11. The Morgan fingerprint density at radius 3 is 1.94 bits per heavy atom. The standard InChI is InChI=1S/C14H24BN/c1-3-16(4-2)12-11-15-13-7-5-8-14(15)10-6-9-13/h13-14H,3-10H2,1-2H3. The molecule has 0 atom stereocenters. The number of nitrogens with zero attached hydrogens (tertiary/aromatic N) is 1. The minimum atomic E-state index is 0.725. The highest BCUT2D eigenvalue weighted by molar-refractivity contribution is 6.70. The third-order valence-corrected chi connectivity index (χ3v) is 4.47. The molecule has 2 aliphatic rings. The fourth-order valence-electron chi connectivity index (χ4n) is 3.46. The van der Waals surface area contributed by atoms with Gasteiger partial charge in [0.2, 0.25) is 6.71 Å². The minimum Gasteiger partial charge on any atom is -0.334 e. The Bertz CT molecular complexity index is 252. The normalized spacial score (nSPS) is 28.2. The maximum absolute atomic E-state index is 3.60.